The number of nitrogens with one attached hydrogen (secondary N) is 1. The Balaban J connectivity index is 1.69. The highest BCUT2D eigenvalue weighted by molar-refractivity contribution is 5.94. The van der Waals surface area contributed by atoms with E-state index in [2.05, 4.69) is 11.4 Å². The molecule has 2 aliphatic carbocycles. The van der Waals surface area contributed by atoms with Crippen molar-refractivity contribution in [2.24, 2.45) is 11.8 Å². The largest absolute Gasteiger partial charge is 0.497 e. The molecule has 1 saturated carbocycles. The second-order valence-electron chi connectivity index (χ2n) is 5.17. The Hall–Kier alpha value is -1.81. The molecule has 0 saturated heterocycles. The summed E-state index contributed by atoms with van der Waals surface area (Å²) in [7, 11) is 1.59. The minimum Gasteiger partial charge on any atom is -0.497 e. The van der Waals surface area contributed by atoms with Crippen LogP contribution in [0.2, 0.25) is 0 Å². The number of carbonyl (C=O) groups is 1. The maximum atomic E-state index is 12.1. The Kier molecular flexibility index (Phi) is 3.03. The molecule has 0 aromatic heterocycles. The van der Waals surface area contributed by atoms with E-state index in [0.717, 1.165) is 12.2 Å². The summed E-state index contributed by atoms with van der Waals surface area (Å²) in [6, 6.07) is 6.80. The Morgan fingerprint density at radius 1 is 1.26 bits per heavy atom. The van der Waals surface area contributed by atoms with Crippen LogP contribution in [0.3, 0.4) is 0 Å². The summed E-state index contributed by atoms with van der Waals surface area (Å²) in [6.07, 6.45) is 4.62. The lowest BCUT2D eigenvalue weighted by atomic mass is 9.98. The average molecular weight is 259 g/mol. The lowest BCUT2D eigenvalue weighted by Crippen LogP contribution is -2.45. The molecule has 4 nitrogen and oxygen atoms in total. The van der Waals surface area contributed by atoms with Gasteiger partial charge in [-0.05, 0) is 30.7 Å². The van der Waals surface area contributed by atoms with Crippen LogP contribution < -0.4 is 10.1 Å². The van der Waals surface area contributed by atoms with Crippen molar-refractivity contribution in [1.29, 1.82) is 0 Å². The topological polar surface area (TPSA) is 58.6 Å². The quantitative estimate of drug-likeness (QED) is 0.806. The predicted molar refractivity (Wildman–Crippen MR) is 71.0 cm³/mol. The predicted octanol–water partition coefficient (Wildman–Crippen LogP) is 1.36. The molecule has 2 N–H and O–H groups in total. The van der Waals surface area contributed by atoms with E-state index in [9.17, 15) is 9.90 Å². The highest BCUT2D eigenvalue weighted by Crippen LogP contribution is 2.39. The molecule has 0 aliphatic heterocycles. The summed E-state index contributed by atoms with van der Waals surface area (Å²) in [5, 5.41) is 13.0. The van der Waals surface area contributed by atoms with Crippen LogP contribution in [0, 0.1) is 11.8 Å². The van der Waals surface area contributed by atoms with Gasteiger partial charge >= 0.3 is 0 Å². The summed E-state index contributed by atoms with van der Waals surface area (Å²) in [5.41, 5.74) is 0.583. The van der Waals surface area contributed by atoms with Crippen LogP contribution in [0.25, 0.3) is 0 Å². The number of fused-ring (bicyclic) bond motifs is 2. The van der Waals surface area contributed by atoms with Crippen LogP contribution in [-0.4, -0.2) is 30.3 Å². The molecule has 1 amide bonds. The Morgan fingerprint density at radius 2 is 1.95 bits per heavy atom. The third kappa shape index (κ3) is 2.12. The number of aliphatic hydroxyl groups is 1. The maximum absolute atomic E-state index is 12.1. The van der Waals surface area contributed by atoms with Crippen molar-refractivity contribution in [1.82, 2.24) is 5.32 Å². The van der Waals surface area contributed by atoms with Gasteiger partial charge in [-0.25, -0.2) is 0 Å². The maximum Gasteiger partial charge on any atom is 0.251 e. The molecule has 4 atom stereocenters. The van der Waals surface area contributed by atoms with Crippen molar-refractivity contribution in [2.45, 2.75) is 18.6 Å². The van der Waals surface area contributed by atoms with Crippen molar-refractivity contribution < 1.29 is 14.6 Å². The molecule has 4 unspecified atom stereocenters. The summed E-state index contributed by atoms with van der Waals surface area (Å²) in [6.45, 7) is 0. The summed E-state index contributed by atoms with van der Waals surface area (Å²) < 4.78 is 5.06. The molecule has 2 bridgehead atoms. The van der Waals surface area contributed by atoms with Gasteiger partial charge in [-0.15, -0.1) is 0 Å². The van der Waals surface area contributed by atoms with Gasteiger partial charge in [0.05, 0.1) is 19.3 Å². The first kappa shape index (κ1) is 12.2. The summed E-state index contributed by atoms with van der Waals surface area (Å²) in [4.78, 5) is 12.1. The molecule has 1 fully saturated rings. The molecule has 2 aliphatic rings. The molecular weight excluding hydrogens is 242 g/mol. The van der Waals surface area contributed by atoms with Crippen LogP contribution in [0.5, 0.6) is 5.75 Å². The van der Waals surface area contributed by atoms with Gasteiger partial charge < -0.3 is 15.2 Å². The molecule has 19 heavy (non-hydrogen) atoms. The Morgan fingerprint density at radius 3 is 2.53 bits per heavy atom. The van der Waals surface area contributed by atoms with E-state index in [0.29, 0.717) is 5.56 Å². The highest BCUT2D eigenvalue weighted by atomic mass is 16.5. The number of carbonyl (C=O) groups excluding carboxylic acids is 1. The average Bonchev–Trinajstić information content (AvgIpc) is 3.02. The molecule has 0 spiro atoms. The van der Waals surface area contributed by atoms with E-state index >= 15 is 0 Å². The fraction of sp³-hybridized carbons (Fsp3) is 0.400. The third-order valence-electron chi connectivity index (χ3n) is 4.07. The fourth-order valence-corrected chi connectivity index (χ4v) is 2.97. The smallest absolute Gasteiger partial charge is 0.251 e. The lowest BCUT2D eigenvalue weighted by Gasteiger charge is -2.24. The first-order valence-electron chi connectivity index (χ1n) is 6.50. The molecule has 1 aromatic rings. The highest BCUT2D eigenvalue weighted by Gasteiger charge is 2.44. The van der Waals surface area contributed by atoms with Crippen LogP contribution >= 0.6 is 0 Å². The first-order valence-corrected chi connectivity index (χ1v) is 6.50. The van der Waals surface area contributed by atoms with Gasteiger partial charge in [0.15, 0.2) is 0 Å². The van der Waals surface area contributed by atoms with Gasteiger partial charge in [-0.2, -0.15) is 0 Å². The van der Waals surface area contributed by atoms with Crippen molar-refractivity contribution >= 4 is 5.91 Å². The summed E-state index contributed by atoms with van der Waals surface area (Å²) >= 11 is 0. The van der Waals surface area contributed by atoms with E-state index < -0.39 is 6.10 Å². The summed E-state index contributed by atoms with van der Waals surface area (Å²) in [5.74, 6) is 1.04. The van der Waals surface area contributed by atoms with Gasteiger partial charge in [0, 0.05) is 17.4 Å². The number of methoxy groups -OCH3 is 1. The number of rotatable bonds is 3. The van der Waals surface area contributed by atoms with Crippen LogP contribution in [-0.2, 0) is 0 Å². The SMILES string of the molecule is COc1ccc(C(=O)NC2C3C=CC(C3)C2O)cc1. The van der Waals surface area contributed by atoms with E-state index in [4.69, 9.17) is 4.74 Å². The molecule has 0 heterocycles. The molecule has 100 valence electrons. The molecule has 1 aromatic carbocycles. The number of ether oxygens (including phenoxy) is 1. The van der Waals surface area contributed by atoms with Gasteiger partial charge in [0.2, 0.25) is 0 Å². The Bertz CT molecular complexity index is 509. The molecule has 0 radical (unpaired) electrons. The monoisotopic (exact) mass is 259 g/mol. The van der Waals surface area contributed by atoms with E-state index in [1.165, 1.54) is 0 Å². The molecular formula is C15H17NO3. The number of hydrogen-bond donors (Lipinski definition) is 2. The zero-order chi connectivity index (χ0) is 13.4. The van der Waals surface area contributed by atoms with Gasteiger partial charge in [0.1, 0.15) is 5.75 Å². The minimum atomic E-state index is -0.461. The number of aliphatic hydroxyl groups excluding tert-OH is 1. The van der Waals surface area contributed by atoms with Crippen LogP contribution in [0.1, 0.15) is 16.8 Å². The number of amides is 1. The zero-order valence-corrected chi connectivity index (χ0v) is 10.7. The number of benzene rings is 1. The second kappa shape index (κ2) is 4.70. The molecule has 4 heteroatoms. The Labute approximate surface area is 112 Å². The van der Waals surface area contributed by atoms with Gasteiger partial charge in [-0.1, -0.05) is 12.2 Å². The van der Waals surface area contributed by atoms with Gasteiger partial charge in [0.25, 0.3) is 5.91 Å². The van der Waals surface area contributed by atoms with Crippen molar-refractivity contribution in [2.75, 3.05) is 7.11 Å². The first-order chi connectivity index (χ1) is 9.19. The fourth-order valence-electron chi connectivity index (χ4n) is 2.97. The van der Waals surface area contributed by atoms with Crippen LogP contribution in [0.15, 0.2) is 36.4 Å². The third-order valence-corrected chi connectivity index (χ3v) is 4.07. The van der Waals surface area contributed by atoms with Crippen molar-refractivity contribution in [3.8, 4) is 5.75 Å². The number of hydrogen-bond acceptors (Lipinski definition) is 3. The van der Waals surface area contributed by atoms with E-state index in [1.807, 2.05) is 6.08 Å². The van der Waals surface area contributed by atoms with Crippen molar-refractivity contribution in [3.05, 3.63) is 42.0 Å². The standard InChI is InChI=1S/C15H17NO3/c1-19-12-6-4-9(5-7-12)15(18)16-13-10-2-3-11(8-10)14(13)17/h2-7,10-11,13-14,17H,8H2,1H3,(H,16,18). The molecule has 3 rings (SSSR count). The minimum absolute atomic E-state index is 0.146. The van der Waals surface area contributed by atoms with Crippen molar-refractivity contribution in [3.63, 3.8) is 0 Å². The zero-order valence-electron chi connectivity index (χ0n) is 10.7. The second-order valence-corrected chi connectivity index (χ2v) is 5.17. The van der Waals surface area contributed by atoms with Crippen LogP contribution in [0.4, 0.5) is 0 Å². The van der Waals surface area contributed by atoms with E-state index in [1.54, 1.807) is 31.4 Å². The normalized spacial score (nSPS) is 31.5. The van der Waals surface area contributed by atoms with E-state index in [-0.39, 0.29) is 23.8 Å². The lowest BCUT2D eigenvalue weighted by molar-refractivity contribution is 0.0810. The van der Waals surface area contributed by atoms with Gasteiger partial charge in [-0.3, -0.25) is 4.79 Å².